The van der Waals surface area contributed by atoms with Crippen molar-refractivity contribution in [3.8, 4) is 17.5 Å². The second-order valence-corrected chi connectivity index (χ2v) is 6.82. The van der Waals surface area contributed by atoms with E-state index in [1.807, 2.05) is 54.1 Å². The fourth-order valence-electron chi connectivity index (χ4n) is 3.58. The summed E-state index contributed by atoms with van der Waals surface area (Å²) in [5, 5.41) is 16.7. The van der Waals surface area contributed by atoms with Crippen LogP contribution in [-0.2, 0) is 6.54 Å². The van der Waals surface area contributed by atoms with E-state index in [-0.39, 0.29) is 5.96 Å². The normalized spacial score (nSPS) is 15.6. The Hall–Kier alpha value is -4.06. The molecule has 3 aromatic heterocycles. The number of guanidine groups is 1. The molecule has 1 aromatic carbocycles. The van der Waals surface area contributed by atoms with Gasteiger partial charge in [0, 0.05) is 11.8 Å². The van der Waals surface area contributed by atoms with Gasteiger partial charge in [0.2, 0.25) is 5.95 Å². The number of fused-ring (bicyclic) bond motifs is 3. The van der Waals surface area contributed by atoms with Gasteiger partial charge in [0.15, 0.2) is 17.9 Å². The molecule has 5 rings (SSSR count). The van der Waals surface area contributed by atoms with E-state index in [0.717, 1.165) is 22.4 Å². The molecule has 4 aromatic rings. The number of furan rings is 1. The maximum atomic E-state index is 8.96. The molecule has 1 aliphatic rings. The molecule has 0 amide bonds. The second-order valence-electron chi connectivity index (χ2n) is 6.82. The summed E-state index contributed by atoms with van der Waals surface area (Å²) in [7, 11) is 0. The van der Waals surface area contributed by atoms with E-state index in [1.165, 1.54) is 0 Å². The summed E-state index contributed by atoms with van der Waals surface area (Å²) in [4.78, 5) is 9.29. The van der Waals surface area contributed by atoms with E-state index < -0.39 is 6.17 Å². The van der Waals surface area contributed by atoms with E-state index in [2.05, 4.69) is 26.5 Å². The van der Waals surface area contributed by atoms with Crippen molar-refractivity contribution in [1.82, 2.24) is 19.3 Å². The number of aliphatic imine (C=N–C) groups is 1. The molecule has 0 saturated carbocycles. The predicted octanol–water partition coefficient (Wildman–Crippen LogP) is 3.00. The zero-order valence-electron chi connectivity index (χ0n) is 15.7. The maximum absolute atomic E-state index is 8.96. The highest BCUT2D eigenvalue weighted by Gasteiger charge is 2.30. The molecule has 0 saturated heterocycles. The quantitative estimate of drug-likeness (QED) is 0.556. The van der Waals surface area contributed by atoms with Crippen LogP contribution in [0.3, 0.4) is 0 Å². The molecule has 1 atom stereocenters. The molecule has 0 radical (unpaired) electrons. The van der Waals surface area contributed by atoms with Gasteiger partial charge in [-0.15, -0.1) is 0 Å². The molecule has 9 nitrogen and oxygen atoms in total. The molecule has 9 heteroatoms. The summed E-state index contributed by atoms with van der Waals surface area (Å²) in [5.74, 6) is 2.34. The van der Waals surface area contributed by atoms with Gasteiger partial charge in [-0.05, 0) is 31.2 Å². The highest BCUT2D eigenvalue weighted by molar-refractivity contribution is 5.94. The Morgan fingerprint density at radius 2 is 2.14 bits per heavy atom. The van der Waals surface area contributed by atoms with E-state index in [0.29, 0.717) is 30.4 Å². The van der Waals surface area contributed by atoms with Crippen LogP contribution in [0.2, 0.25) is 0 Å². The predicted molar refractivity (Wildman–Crippen MR) is 108 cm³/mol. The smallest absolute Gasteiger partial charge is 0.212 e. The summed E-state index contributed by atoms with van der Waals surface area (Å²) in [6.45, 7) is 2.36. The Morgan fingerprint density at radius 1 is 1.28 bits per heavy atom. The van der Waals surface area contributed by atoms with Gasteiger partial charge >= 0.3 is 0 Å². The number of rotatable bonds is 4. The van der Waals surface area contributed by atoms with Crippen LogP contribution in [0.5, 0.6) is 0 Å². The maximum Gasteiger partial charge on any atom is 0.212 e. The zero-order valence-corrected chi connectivity index (χ0v) is 15.7. The van der Waals surface area contributed by atoms with Crippen LogP contribution in [0.25, 0.3) is 22.5 Å². The lowest BCUT2D eigenvalue weighted by atomic mass is 10.1. The summed E-state index contributed by atoms with van der Waals surface area (Å²) in [6, 6.07) is 13.8. The first kappa shape index (κ1) is 17.1. The minimum absolute atomic E-state index is 0.282. The number of nitrogens with one attached hydrogen (secondary N) is 1. The number of para-hydroxylation sites is 2. The van der Waals surface area contributed by atoms with Crippen molar-refractivity contribution >= 4 is 22.9 Å². The number of hydrogen-bond acceptors (Lipinski definition) is 7. The average molecular weight is 386 g/mol. The van der Waals surface area contributed by atoms with Crippen LogP contribution in [0.15, 0.2) is 52.0 Å². The van der Waals surface area contributed by atoms with Gasteiger partial charge in [0.05, 0.1) is 30.1 Å². The third kappa shape index (κ3) is 2.82. The summed E-state index contributed by atoms with van der Waals surface area (Å²) in [5.41, 5.74) is 9.34. The molecule has 29 heavy (non-hydrogen) atoms. The zero-order chi connectivity index (χ0) is 20.0. The SMILES string of the molecule is Cc1ccc(-c2nn(CCC#N)cc2C2N=C(N)Nc3nc4ccccc4n32)o1. The Balaban J connectivity index is 1.72. The summed E-state index contributed by atoms with van der Waals surface area (Å²) in [6.07, 6.45) is 1.79. The highest BCUT2D eigenvalue weighted by atomic mass is 16.3. The van der Waals surface area contributed by atoms with Crippen molar-refractivity contribution in [1.29, 1.82) is 5.26 Å². The molecule has 144 valence electrons. The molecule has 0 fully saturated rings. The number of benzene rings is 1. The summed E-state index contributed by atoms with van der Waals surface area (Å²) < 4.78 is 9.59. The largest absolute Gasteiger partial charge is 0.460 e. The van der Waals surface area contributed by atoms with E-state index in [1.54, 1.807) is 4.68 Å². The molecule has 3 N–H and O–H groups in total. The summed E-state index contributed by atoms with van der Waals surface area (Å²) >= 11 is 0. The number of nitrogens with zero attached hydrogens (tertiary/aromatic N) is 6. The average Bonchev–Trinajstić information content (AvgIpc) is 3.41. The third-order valence-electron chi connectivity index (χ3n) is 4.84. The minimum atomic E-state index is -0.463. The van der Waals surface area contributed by atoms with Gasteiger partial charge in [-0.25, -0.2) is 9.98 Å². The number of nitriles is 1. The topological polar surface area (TPSA) is 123 Å². The van der Waals surface area contributed by atoms with Crippen LogP contribution in [-0.4, -0.2) is 25.3 Å². The number of nitrogens with two attached hydrogens (primary N) is 1. The minimum Gasteiger partial charge on any atom is -0.460 e. The fraction of sp³-hybridized carbons (Fsp3) is 0.200. The van der Waals surface area contributed by atoms with Crippen LogP contribution >= 0.6 is 0 Å². The number of aromatic nitrogens is 4. The Morgan fingerprint density at radius 3 is 2.93 bits per heavy atom. The van der Waals surface area contributed by atoms with Crippen LogP contribution in [0.4, 0.5) is 5.95 Å². The molecule has 0 bridgehead atoms. The van der Waals surface area contributed by atoms with E-state index in [9.17, 15) is 0 Å². The van der Waals surface area contributed by atoms with Crippen LogP contribution in [0.1, 0.15) is 23.9 Å². The van der Waals surface area contributed by atoms with Crippen molar-refractivity contribution in [2.45, 2.75) is 26.1 Å². The van der Waals surface area contributed by atoms with Crippen LogP contribution in [0, 0.1) is 18.3 Å². The molecule has 1 unspecified atom stereocenters. The highest BCUT2D eigenvalue weighted by Crippen LogP contribution is 2.37. The van der Waals surface area contributed by atoms with Gasteiger partial charge in [-0.1, -0.05) is 12.1 Å². The Labute approximate surface area is 166 Å². The van der Waals surface area contributed by atoms with Gasteiger partial charge < -0.3 is 10.2 Å². The molecular weight excluding hydrogens is 368 g/mol. The van der Waals surface area contributed by atoms with Crippen molar-refractivity contribution < 1.29 is 4.42 Å². The first-order chi connectivity index (χ1) is 14.1. The second kappa shape index (κ2) is 6.53. The van der Waals surface area contributed by atoms with E-state index >= 15 is 0 Å². The van der Waals surface area contributed by atoms with Crippen molar-refractivity contribution in [2.75, 3.05) is 5.32 Å². The van der Waals surface area contributed by atoms with Gasteiger partial charge in [0.25, 0.3) is 0 Å². The lowest BCUT2D eigenvalue weighted by molar-refractivity contribution is 0.540. The van der Waals surface area contributed by atoms with Crippen molar-refractivity contribution in [3.05, 3.63) is 53.9 Å². The van der Waals surface area contributed by atoms with Crippen LogP contribution < -0.4 is 11.1 Å². The lowest BCUT2D eigenvalue weighted by Gasteiger charge is -2.23. The molecule has 0 spiro atoms. The van der Waals surface area contributed by atoms with Gasteiger partial charge in [0.1, 0.15) is 11.5 Å². The molecule has 1 aliphatic heterocycles. The number of imidazole rings is 1. The van der Waals surface area contributed by atoms with Crippen molar-refractivity contribution in [2.24, 2.45) is 10.7 Å². The lowest BCUT2D eigenvalue weighted by Crippen LogP contribution is -2.31. The number of hydrogen-bond donors (Lipinski definition) is 2. The molecule has 4 heterocycles. The Kier molecular flexibility index (Phi) is 3.84. The van der Waals surface area contributed by atoms with Gasteiger partial charge in [-0.2, -0.15) is 10.4 Å². The standard InChI is InChI=1S/C20H18N8O/c1-12-7-8-16(29-12)17-13(11-27(26-17)10-4-9-21)18-24-19(22)25-20-23-14-5-2-3-6-15(14)28(18)20/h2-3,5-8,11,18H,4,10H2,1H3,(H3,22,23,24,25). The molecular formula is C20H18N8O. The van der Waals surface area contributed by atoms with E-state index in [4.69, 9.17) is 15.4 Å². The third-order valence-corrected chi connectivity index (χ3v) is 4.84. The first-order valence-electron chi connectivity index (χ1n) is 9.22. The molecule has 0 aliphatic carbocycles. The van der Waals surface area contributed by atoms with Gasteiger partial charge in [-0.3, -0.25) is 14.6 Å². The number of aryl methyl sites for hydroxylation is 2. The first-order valence-corrected chi connectivity index (χ1v) is 9.22. The number of anilines is 1. The Bertz CT molecular complexity index is 1290. The van der Waals surface area contributed by atoms with Crippen molar-refractivity contribution in [3.63, 3.8) is 0 Å². The fourth-order valence-corrected chi connectivity index (χ4v) is 3.58. The monoisotopic (exact) mass is 386 g/mol.